The first-order valence-electron chi connectivity index (χ1n) is 12.1. The Morgan fingerprint density at radius 3 is 2.26 bits per heavy atom. The summed E-state index contributed by atoms with van der Waals surface area (Å²) in [5, 5.41) is 3.67. The van der Waals surface area contributed by atoms with Crippen LogP contribution in [-0.4, -0.2) is 45.2 Å². The summed E-state index contributed by atoms with van der Waals surface area (Å²) in [5.41, 5.74) is 3.21. The topological polar surface area (TPSA) is 100 Å². The van der Waals surface area contributed by atoms with Crippen LogP contribution in [-0.2, 0) is 11.4 Å². The Balaban J connectivity index is 1.45. The summed E-state index contributed by atoms with van der Waals surface area (Å²) in [6, 6.07) is 21.0. The third-order valence-electron chi connectivity index (χ3n) is 6.15. The lowest BCUT2D eigenvalue weighted by Gasteiger charge is -2.13. The van der Waals surface area contributed by atoms with Crippen molar-refractivity contribution in [3.05, 3.63) is 89.1 Å². The highest BCUT2D eigenvalue weighted by Gasteiger charge is 2.24. The van der Waals surface area contributed by atoms with Crippen molar-refractivity contribution < 1.29 is 28.5 Å². The van der Waals surface area contributed by atoms with E-state index in [1.54, 1.807) is 18.2 Å². The van der Waals surface area contributed by atoms with Gasteiger partial charge in [0.05, 0.1) is 34.0 Å². The van der Waals surface area contributed by atoms with Crippen LogP contribution in [0, 0.1) is 0 Å². The number of amidine groups is 1. The number of hydrogen-bond acceptors (Lipinski definition) is 8. The van der Waals surface area contributed by atoms with Crippen LogP contribution in [0.15, 0.2) is 77.4 Å². The van der Waals surface area contributed by atoms with Gasteiger partial charge in [-0.3, -0.25) is 4.79 Å². The van der Waals surface area contributed by atoms with Crippen LogP contribution < -0.4 is 29.0 Å². The van der Waals surface area contributed by atoms with Gasteiger partial charge in [-0.15, -0.1) is 0 Å². The Bertz CT molecular complexity index is 1570. The molecule has 1 aliphatic rings. The van der Waals surface area contributed by atoms with Crippen molar-refractivity contribution in [3.63, 3.8) is 0 Å². The predicted molar refractivity (Wildman–Crippen MR) is 148 cm³/mol. The lowest BCUT2D eigenvalue weighted by Crippen LogP contribution is -2.24. The van der Waals surface area contributed by atoms with Crippen LogP contribution in [0.2, 0.25) is 0 Å². The molecular formula is C30H27N3O6. The summed E-state index contributed by atoms with van der Waals surface area (Å²) < 4.78 is 27.7. The van der Waals surface area contributed by atoms with Gasteiger partial charge in [-0.05, 0) is 42.0 Å². The van der Waals surface area contributed by atoms with Gasteiger partial charge in [0, 0.05) is 22.6 Å². The number of amides is 1. The van der Waals surface area contributed by atoms with Crippen LogP contribution in [0.3, 0.4) is 0 Å². The quantitative estimate of drug-likeness (QED) is 0.314. The number of pyridine rings is 1. The van der Waals surface area contributed by atoms with E-state index >= 15 is 0 Å². The summed E-state index contributed by atoms with van der Waals surface area (Å²) >= 11 is 0. The number of fused-ring (bicyclic) bond motifs is 1. The van der Waals surface area contributed by atoms with Crippen molar-refractivity contribution in [3.8, 4) is 28.9 Å². The van der Waals surface area contributed by atoms with E-state index in [0.717, 1.165) is 10.9 Å². The lowest BCUT2D eigenvalue weighted by atomic mass is 10.1. The second-order valence-electron chi connectivity index (χ2n) is 8.57. The van der Waals surface area contributed by atoms with Crippen molar-refractivity contribution in [1.82, 2.24) is 10.3 Å². The van der Waals surface area contributed by atoms with E-state index in [9.17, 15) is 4.79 Å². The first-order valence-corrected chi connectivity index (χ1v) is 12.1. The summed E-state index contributed by atoms with van der Waals surface area (Å²) in [7, 11) is 6.11. The van der Waals surface area contributed by atoms with Gasteiger partial charge >= 0.3 is 0 Å². The first-order chi connectivity index (χ1) is 19.0. The predicted octanol–water partition coefficient (Wildman–Crippen LogP) is 4.77. The fraction of sp³-hybridized carbons (Fsp3) is 0.167. The average Bonchev–Trinajstić information content (AvgIpc) is 3.34. The SMILES string of the molecule is COc1cc(C2=NC(=Cc3cc4ccc(OCc5ccccc5)cc4nc3OC)C(=O)N2)cc(OC)c1OC. The standard InChI is InChI=1S/C30H27N3O6/c1-35-25-14-20(15-26(36-2)27(25)37-3)28-31-24(29(34)33-28)13-21-12-19-10-11-22(16-23(19)32-30(21)38-4)39-17-18-8-6-5-7-9-18/h5-16H,17H2,1-4H3,(H,31,33,34). The van der Waals surface area contributed by atoms with Crippen LogP contribution in [0.5, 0.6) is 28.9 Å². The Kier molecular flexibility index (Phi) is 7.31. The molecule has 9 nitrogen and oxygen atoms in total. The number of nitrogens with one attached hydrogen (secondary N) is 1. The molecule has 0 unspecified atom stereocenters. The number of carbonyl (C=O) groups excluding carboxylic acids is 1. The minimum Gasteiger partial charge on any atom is -0.493 e. The van der Waals surface area contributed by atoms with Crippen molar-refractivity contribution in [1.29, 1.82) is 0 Å². The molecule has 3 aromatic carbocycles. The minimum absolute atomic E-state index is 0.209. The Labute approximate surface area is 225 Å². The highest BCUT2D eigenvalue weighted by molar-refractivity contribution is 6.20. The van der Waals surface area contributed by atoms with E-state index in [-0.39, 0.29) is 11.6 Å². The molecule has 0 fully saturated rings. The molecular weight excluding hydrogens is 498 g/mol. The van der Waals surface area contributed by atoms with Crippen LogP contribution in [0.25, 0.3) is 17.0 Å². The lowest BCUT2D eigenvalue weighted by molar-refractivity contribution is -0.115. The molecule has 2 heterocycles. The Hall–Kier alpha value is -5.05. The maximum absolute atomic E-state index is 12.8. The van der Waals surface area contributed by atoms with E-state index in [4.69, 9.17) is 23.7 Å². The normalized spacial score (nSPS) is 13.7. The van der Waals surface area contributed by atoms with E-state index in [1.807, 2.05) is 54.6 Å². The maximum atomic E-state index is 12.8. The van der Waals surface area contributed by atoms with Gasteiger partial charge in [-0.25, -0.2) is 9.98 Å². The smallest absolute Gasteiger partial charge is 0.275 e. The maximum Gasteiger partial charge on any atom is 0.275 e. The molecule has 0 radical (unpaired) electrons. The second kappa shape index (κ2) is 11.1. The third kappa shape index (κ3) is 5.33. The largest absolute Gasteiger partial charge is 0.493 e. The number of hydrogen-bond donors (Lipinski definition) is 1. The molecule has 0 spiro atoms. The van der Waals surface area contributed by atoms with Crippen LogP contribution >= 0.6 is 0 Å². The molecule has 1 aliphatic heterocycles. The number of rotatable bonds is 9. The fourth-order valence-corrected chi connectivity index (χ4v) is 4.21. The number of methoxy groups -OCH3 is 4. The molecule has 198 valence electrons. The fourth-order valence-electron chi connectivity index (χ4n) is 4.21. The number of carbonyl (C=O) groups is 1. The molecule has 1 amide bonds. The second-order valence-corrected chi connectivity index (χ2v) is 8.57. The Morgan fingerprint density at radius 2 is 1.59 bits per heavy atom. The summed E-state index contributed by atoms with van der Waals surface area (Å²) in [6.45, 7) is 0.453. The molecule has 0 aliphatic carbocycles. The van der Waals surface area contributed by atoms with Gasteiger partial charge in [0.2, 0.25) is 11.6 Å². The highest BCUT2D eigenvalue weighted by Crippen LogP contribution is 2.38. The first kappa shape index (κ1) is 25.6. The van der Waals surface area contributed by atoms with E-state index in [1.165, 1.54) is 28.4 Å². The molecule has 0 atom stereocenters. The number of nitrogens with zero attached hydrogens (tertiary/aromatic N) is 2. The molecule has 39 heavy (non-hydrogen) atoms. The molecule has 0 saturated heterocycles. The zero-order valence-electron chi connectivity index (χ0n) is 22.0. The molecule has 1 N–H and O–H groups in total. The number of aromatic nitrogens is 1. The van der Waals surface area contributed by atoms with Gasteiger partial charge in [0.25, 0.3) is 5.91 Å². The zero-order chi connectivity index (χ0) is 27.4. The molecule has 0 bridgehead atoms. The highest BCUT2D eigenvalue weighted by atomic mass is 16.5. The van der Waals surface area contributed by atoms with Crippen molar-refractivity contribution in [2.24, 2.45) is 4.99 Å². The van der Waals surface area contributed by atoms with Gasteiger partial charge in [-0.2, -0.15) is 0 Å². The van der Waals surface area contributed by atoms with E-state index < -0.39 is 0 Å². The van der Waals surface area contributed by atoms with Crippen molar-refractivity contribution >= 4 is 28.7 Å². The monoisotopic (exact) mass is 525 g/mol. The van der Waals surface area contributed by atoms with Crippen molar-refractivity contribution in [2.75, 3.05) is 28.4 Å². The van der Waals surface area contributed by atoms with Gasteiger partial charge in [-0.1, -0.05) is 30.3 Å². The zero-order valence-corrected chi connectivity index (χ0v) is 22.0. The summed E-state index contributed by atoms with van der Waals surface area (Å²) in [5.74, 6) is 2.41. The van der Waals surface area contributed by atoms with Crippen LogP contribution in [0.4, 0.5) is 0 Å². The van der Waals surface area contributed by atoms with Crippen LogP contribution in [0.1, 0.15) is 16.7 Å². The minimum atomic E-state index is -0.356. The molecule has 1 aromatic heterocycles. The molecule has 9 heteroatoms. The van der Waals surface area contributed by atoms with E-state index in [2.05, 4.69) is 15.3 Å². The molecule has 5 rings (SSSR count). The van der Waals surface area contributed by atoms with Gasteiger partial charge in [0.15, 0.2) is 11.5 Å². The van der Waals surface area contributed by atoms with Crippen molar-refractivity contribution in [2.45, 2.75) is 6.61 Å². The molecule has 4 aromatic rings. The average molecular weight is 526 g/mol. The Morgan fingerprint density at radius 1 is 0.846 bits per heavy atom. The molecule has 0 saturated carbocycles. The number of benzene rings is 3. The van der Waals surface area contributed by atoms with Gasteiger partial charge < -0.3 is 29.0 Å². The summed E-state index contributed by atoms with van der Waals surface area (Å²) in [4.78, 5) is 22.0. The third-order valence-corrected chi connectivity index (χ3v) is 6.15. The number of ether oxygens (including phenoxy) is 5. The number of aliphatic imine (C=N–C) groups is 1. The summed E-state index contributed by atoms with van der Waals surface area (Å²) in [6.07, 6.45) is 1.64. The van der Waals surface area contributed by atoms with E-state index in [0.29, 0.717) is 58.0 Å². The van der Waals surface area contributed by atoms with Gasteiger partial charge in [0.1, 0.15) is 23.9 Å².